The van der Waals surface area contributed by atoms with Crippen LogP contribution < -0.4 is 15.0 Å². The zero-order chi connectivity index (χ0) is 28.8. The highest BCUT2D eigenvalue weighted by molar-refractivity contribution is 7.80. The van der Waals surface area contributed by atoms with Gasteiger partial charge in [-0.25, -0.2) is 0 Å². The second-order valence-corrected chi connectivity index (χ2v) is 9.84. The van der Waals surface area contributed by atoms with Crippen molar-refractivity contribution in [2.24, 2.45) is 0 Å². The van der Waals surface area contributed by atoms with Crippen LogP contribution in [0.1, 0.15) is 37.6 Å². The smallest absolute Gasteiger partial charge is 0.312 e. The predicted octanol–water partition coefficient (Wildman–Crippen LogP) is 4.62. The molecule has 0 unspecified atom stereocenters. The Morgan fingerprint density at radius 1 is 1.12 bits per heavy atom. The van der Waals surface area contributed by atoms with E-state index < -0.39 is 11.0 Å². The van der Waals surface area contributed by atoms with E-state index in [0.29, 0.717) is 59.7 Å². The normalized spacial score (nSPS) is 15.0. The number of nitrogens with one attached hydrogen (secondary N) is 1. The van der Waals surface area contributed by atoms with Gasteiger partial charge < -0.3 is 15.0 Å². The maximum atomic E-state index is 13.6. The lowest BCUT2D eigenvalue weighted by atomic mass is 10.1. The van der Waals surface area contributed by atoms with Gasteiger partial charge in [0.05, 0.1) is 23.6 Å². The highest BCUT2D eigenvalue weighted by atomic mass is 32.1. The van der Waals surface area contributed by atoms with Gasteiger partial charge in [0, 0.05) is 18.8 Å². The molecule has 1 aromatic heterocycles. The lowest BCUT2D eigenvalue weighted by molar-refractivity contribution is -0.386. The van der Waals surface area contributed by atoms with E-state index in [1.54, 1.807) is 59.8 Å². The third-order valence-electron chi connectivity index (χ3n) is 6.62. The quantitative estimate of drug-likeness (QED) is 0.192. The van der Waals surface area contributed by atoms with Crippen molar-refractivity contribution < 1.29 is 19.2 Å². The molecule has 1 fully saturated rings. The van der Waals surface area contributed by atoms with Crippen molar-refractivity contribution in [1.82, 2.24) is 14.7 Å². The van der Waals surface area contributed by atoms with Crippen LogP contribution in [-0.4, -0.2) is 55.7 Å². The molecule has 1 aliphatic heterocycles. The summed E-state index contributed by atoms with van der Waals surface area (Å²) in [6.45, 7) is 6.66. The van der Waals surface area contributed by atoms with Crippen molar-refractivity contribution in [3.05, 3.63) is 76.1 Å². The summed E-state index contributed by atoms with van der Waals surface area (Å²) >= 11 is 5.72. The van der Waals surface area contributed by atoms with Gasteiger partial charge in [0.25, 0.3) is 5.91 Å². The number of nitro groups is 1. The minimum atomic E-state index is -0.797. The van der Waals surface area contributed by atoms with Gasteiger partial charge in [-0.2, -0.15) is 5.10 Å². The van der Waals surface area contributed by atoms with Crippen LogP contribution in [0.2, 0.25) is 0 Å². The second kappa shape index (κ2) is 12.7. The minimum absolute atomic E-state index is 0.00151. The summed E-state index contributed by atoms with van der Waals surface area (Å²) in [7, 11) is 0. The Hall–Kier alpha value is -4.32. The Morgan fingerprint density at radius 2 is 1.82 bits per heavy atom. The zero-order valence-corrected chi connectivity index (χ0v) is 23.5. The molecule has 1 N–H and O–H groups in total. The third-order valence-corrected chi connectivity index (χ3v) is 7.03. The zero-order valence-electron chi connectivity index (χ0n) is 22.7. The van der Waals surface area contributed by atoms with Crippen molar-refractivity contribution in [1.29, 1.82) is 0 Å². The van der Waals surface area contributed by atoms with Gasteiger partial charge in [0.15, 0.2) is 5.11 Å². The number of benzene rings is 2. The van der Waals surface area contributed by atoms with Crippen molar-refractivity contribution in [3.8, 4) is 5.75 Å². The predicted molar refractivity (Wildman–Crippen MR) is 155 cm³/mol. The van der Waals surface area contributed by atoms with Gasteiger partial charge in [-0.1, -0.05) is 25.1 Å². The number of aromatic nitrogens is 2. The number of carbonyl (C=O) groups excluding carboxylic acids is 2. The maximum Gasteiger partial charge on any atom is 0.312 e. The standard InChI is InChI=1S/C28H32N6O5S/c1-4-17-39-23-13-11-21(12-14-23)29-25(35)18-24-27(36)33(22-9-6-5-7-10-22)28(40)31(24)15-8-16-32-20(3)26(34(37)38)19(2)30-32/h5-7,9-14,24H,4,8,15-18H2,1-3H3,(H,29,35)/t24-/m0/s1. The Morgan fingerprint density at radius 3 is 2.45 bits per heavy atom. The fourth-order valence-corrected chi connectivity index (χ4v) is 5.12. The van der Waals surface area contributed by atoms with Gasteiger partial charge in [0.1, 0.15) is 23.2 Å². The number of aryl methyl sites for hydroxylation is 2. The van der Waals surface area contributed by atoms with Crippen LogP contribution >= 0.6 is 12.2 Å². The second-order valence-electron chi connectivity index (χ2n) is 9.48. The molecule has 0 radical (unpaired) electrons. The molecule has 2 amide bonds. The van der Waals surface area contributed by atoms with Crippen molar-refractivity contribution in [2.75, 3.05) is 23.4 Å². The average Bonchev–Trinajstić information content (AvgIpc) is 3.34. The lowest BCUT2D eigenvalue weighted by Crippen LogP contribution is -2.38. The number of anilines is 2. The molecule has 2 heterocycles. The molecule has 210 valence electrons. The molecule has 12 heteroatoms. The monoisotopic (exact) mass is 564 g/mol. The molecule has 0 aliphatic carbocycles. The summed E-state index contributed by atoms with van der Waals surface area (Å²) in [5, 5.41) is 18.8. The number of para-hydroxylation sites is 1. The Kier molecular flexibility index (Phi) is 9.10. The highest BCUT2D eigenvalue weighted by Gasteiger charge is 2.43. The Labute approximate surface area is 237 Å². The number of hydrogen-bond acceptors (Lipinski definition) is 7. The highest BCUT2D eigenvalue weighted by Crippen LogP contribution is 2.28. The van der Waals surface area contributed by atoms with E-state index in [4.69, 9.17) is 17.0 Å². The molecule has 1 atom stereocenters. The number of thiocarbonyl (C=S) groups is 1. The number of carbonyl (C=O) groups is 2. The van der Waals surface area contributed by atoms with E-state index in [1.165, 1.54) is 4.90 Å². The molecule has 40 heavy (non-hydrogen) atoms. The SMILES string of the molecule is CCCOc1ccc(NC(=O)C[C@H]2C(=O)N(c3ccccc3)C(=S)N2CCCn2nc(C)c([N+](=O)[O-])c2C)cc1. The first-order chi connectivity index (χ1) is 19.2. The van der Waals surface area contributed by atoms with Crippen LogP contribution in [0.3, 0.4) is 0 Å². The van der Waals surface area contributed by atoms with Crippen LogP contribution in [0.15, 0.2) is 54.6 Å². The molecule has 1 aliphatic rings. The topological polar surface area (TPSA) is 123 Å². The van der Waals surface area contributed by atoms with E-state index in [9.17, 15) is 19.7 Å². The summed E-state index contributed by atoms with van der Waals surface area (Å²) in [5.74, 6) is 0.114. The molecule has 2 aromatic carbocycles. The van der Waals surface area contributed by atoms with E-state index >= 15 is 0 Å². The minimum Gasteiger partial charge on any atom is -0.494 e. The van der Waals surface area contributed by atoms with E-state index in [2.05, 4.69) is 10.4 Å². The van der Waals surface area contributed by atoms with Crippen LogP contribution in [0.25, 0.3) is 0 Å². The molecular weight excluding hydrogens is 532 g/mol. The number of hydrogen-bond donors (Lipinski definition) is 1. The third kappa shape index (κ3) is 6.28. The van der Waals surface area contributed by atoms with Crippen molar-refractivity contribution in [3.63, 3.8) is 0 Å². The van der Waals surface area contributed by atoms with Gasteiger partial charge >= 0.3 is 5.69 Å². The summed E-state index contributed by atoms with van der Waals surface area (Å²) in [6.07, 6.45) is 1.31. The van der Waals surface area contributed by atoms with E-state index in [0.717, 1.165) is 6.42 Å². The summed E-state index contributed by atoms with van der Waals surface area (Å²) in [6, 6.07) is 15.4. The number of nitrogens with zero attached hydrogens (tertiary/aromatic N) is 5. The van der Waals surface area contributed by atoms with E-state index in [-0.39, 0.29) is 23.9 Å². The van der Waals surface area contributed by atoms with Crippen LogP contribution in [0, 0.1) is 24.0 Å². The first kappa shape index (κ1) is 28.7. The molecule has 11 nitrogen and oxygen atoms in total. The largest absolute Gasteiger partial charge is 0.494 e. The van der Waals surface area contributed by atoms with Crippen molar-refractivity contribution >= 4 is 46.2 Å². The number of rotatable bonds is 12. The number of amides is 2. The molecule has 0 saturated carbocycles. The summed E-state index contributed by atoms with van der Waals surface area (Å²) in [4.78, 5) is 40.8. The van der Waals surface area contributed by atoms with Crippen molar-refractivity contribution in [2.45, 2.75) is 52.6 Å². The van der Waals surface area contributed by atoms with Gasteiger partial charge in [0.2, 0.25) is 5.91 Å². The first-order valence-corrected chi connectivity index (χ1v) is 13.5. The number of ether oxygens (including phenoxy) is 1. The first-order valence-electron chi connectivity index (χ1n) is 13.1. The summed E-state index contributed by atoms with van der Waals surface area (Å²) < 4.78 is 7.19. The summed E-state index contributed by atoms with van der Waals surface area (Å²) in [5.41, 5.74) is 2.04. The van der Waals surface area contributed by atoms with E-state index in [1.807, 2.05) is 25.1 Å². The molecule has 0 spiro atoms. The lowest BCUT2D eigenvalue weighted by Gasteiger charge is -2.24. The Balaban J connectivity index is 1.48. The molecule has 3 aromatic rings. The molecule has 4 rings (SSSR count). The van der Waals surface area contributed by atoms with Gasteiger partial charge in [-0.3, -0.25) is 29.3 Å². The molecule has 1 saturated heterocycles. The van der Waals surface area contributed by atoms with Gasteiger partial charge in [-0.15, -0.1) is 0 Å². The fraction of sp³-hybridized carbons (Fsp3) is 0.357. The van der Waals surface area contributed by atoms with Crippen LogP contribution in [-0.2, 0) is 16.1 Å². The average molecular weight is 565 g/mol. The van der Waals surface area contributed by atoms with Gasteiger partial charge in [-0.05, 0) is 75.3 Å². The van der Waals surface area contributed by atoms with Crippen LogP contribution in [0.5, 0.6) is 5.75 Å². The maximum absolute atomic E-state index is 13.6. The molecular formula is C28H32N6O5S. The Bertz CT molecular complexity index is 1390. The molecule has 0 bridgehead atoms. The fourth-order valence-electron chi connectivity index (χ4n) is 4.70. The van der Waals surface area contributed by atoms with Crippen LogP contribution in [0.4, 0.5) is 17.1 Å².